The van der Waals surface area contributed by atoms with Gasteiger partial charge in [-0.2, -0.15) is 0 Å². The van der Waals surface area contributed by atoms with E-state index in [9.17, 15) is 0 Å². The molecule has 1 atom stereocenters. The molecule has 9 rings (SSSR count). The van der Waals surface area contributed by atoms with Crippen LogP contribution in [0.1, 0.15) is 141 Å². The molecule has 2 aliphatic heterocycles. The summed E-state index contributed by atoms with van der Waals surface area (Å²) in [5.41, 5.74) is 13.6. The van der Waals surface area contributed by atoms with Crippen LogP contribution in [0.4, 0.5) is 0 Å². The lowest BCUT2D eigenvalue weighted by Gasteiger charge is -2.35. The first-order valence-electron chi connectivity index (χ1n) is 22.5. The van der Waals surface area contributed by atoms with Gasteiger partial charge in [0.05, 0.1) is 27.8 Å². The SMILES string of the molecule is C=C(CCCCCCC)C1(C)c2ccccc2-c2cc3c(cc21)-c1ccccc1C3(c1ccc(B2OC(C)(C)C(C)(C)O2)cc1)c1ccc(B2OC(C)(C)C(C)(C)O2)cc1. The molecule has 0 amide bonds. The molecule has 0 bridgehead atoms. The molecule has 308 valence electrons. The second kappa shape index (κ2) is 14.4. The molecule has 5 aromatic rings. The highest BCUT2D eigenvalue weighted by molar-refractivity contribution is 6.62. The minimum atomic E-state index is -0.617. The second-order valence-electron chi connectivity index (χ2n) is 20.1. The van der Waals surface area contributed by atoms with Gasteiger partial charge in [-0.1, -0.05) is 142 Å². The third kappa shape index (κ3) is 6.10. The van der Waals surface area contributed by atoms with Gasteiger partial charge in [-0.25, -0.2) is 0 Å². The monoisotopic (exact) mass is 796 g/mol. The molecule has 4 nitrogen and oxygen atoms in total. The summed E-state index contributed by atoms with van der Waals surface area (Å²) in [6, 6.07) is 41.2. The average molecular weight is 797 g/mol. The van der Waals surface area contributed by atoms with E-state index < -0.39 is 42.1 Å². The number of fused-ring (bicyclic) bond motifs is 6. The van der Waals surface area contributed by atoms with Crippen LogP contribution >= 0.6 is 0 Å². The molecule has 5 aromatic carbocycles. The molecule has 2 fully saturated rings. The van der Waals surface area contributed by atoms with E-state index in [2.05, 4.69) is 178 Å². The van der Waals surface area contributed by atoms with Crippen LogP contribution in [0.3, 0.4) is 0 Å². The number of hydrogen-bond acceptors (Lipinski definition) is 4. The molecule has 2 heterocycles. The van der Waals surface area contributed by atoms with Crippen molar-refractivity contribution in [3.8, 4) is 22.3 Å². The Morgan fingerprint density at radius 1 is 0.467 bits per heavy atom. The lowest BCUT2D eigenvalue weighted by Crippen LogP contribution is -2.41. The van der Waals surface area contributed by atoms with E-state index in [-0.39, 0.29) is 5.41 Å². The third-order valence-corrected chi connectivity index (χ3v) is 15.5. The molecule has 1 unspecified atom stereocenters. The molecule has 0 radical (unpaired) electrons. The fourth-order valence-corrected chi connectivity index (χ4v) is 10.4. The van der Waals surface area contributed by atoms with Crippen molar-refractivity contribution >= 4 is 25.2 Å². The van der Waals surface area contributed by atoms with E-state index in [1.54, 1.807) is 0 Å². The summed E-state index contributed by atoms with van der Waals surface area (Å²) in [5, 5.41) is 0. The van der Waals surface area contributed by atoms with Crippen LogP contribution < -0.4 is 10.9 Å². The van der Waals surface area contributed by atoms with Gasteiger partial charge >= 0.3 is 14.2 Å². The highest BCUT2D eigenvalue weighted by Gasteiger charge is 2.54. The highest BCUT2D eigenvalue weighted by atomic mass is 16.7. The molecular weight excluding hydrogens is 734 g/mol. The van der Waals surface area contributed by atoms with Gasteiger partial charge in [0.15, 0.2) is 0 Å². The van der Waals surface area contributed by atoms with Crippen molar-refractivity contribution < 1.29 is 18.6 Å². The highest BCUT2D eigenvalue weighted by Crippen LogP contribution is 2.61. The molecular formula is C54H62B2O4. The van der Waals surface area contributed by atoms with Crippen LogP contribution in [0, 0.1) is 0 Å². The Hall–Kier alpha value is -4.19. The Balaban J connectivity index is 1.22. The van der Waals surface area contributed by atoms with Crippen molar-refractivity contribution in [2.45, 2.75) is 141 Å². The van der Waals surface area contributed by atoms with E-state index in [0.29, 0.717) is 0 Å². The van der Waals surface area contributed by atoms with Crippen LogP contribution in [-0.2, 0) is 29.4 Å². The van der Waals surface area contributed by atoms with Gasteiger partial charge in [0, 0.05) is 5.41 Å². The van der Waals surface area contributed by atoms with Gasteiger partial charge in [0.1, 0.15) is 0 Å². The summed E-state index contributed by atoms with van der Waals surface area (Å²) in [6.45, 7) is 26.5. The topological polar surface area (TPSA) is 36.9 Å². The number of allylic oxidation sites excluding steroid dienone is 1. The summed E-state index contributed by atoms with van der Waals surface area (Å²) in [5.74, 6) is 0. The maximum Gasteiger partial charge on any atom is 0.494 e. The lowest BCUT2D eigenvalue weighted by molar-refractivity contribution is 0.00578. The Morgan fingerprint density at radius 3 is 1.38 bits per heavy atom. The summed E-state index contributed by atoms with van der Waals surface area (Å²) in [7, 11) is -0.890. The average Bonchev–Trinajstić information content (AvgIpc) is 3.82. The zero-order valence-corrected chi connectivity index (χ0v) is 37.6. The van der Waals surface area contributed by atoms with Crippen molar-refractivity contribution in [1.29, 1.82) is 0 Å². The summed E-state index contributed by atoms with van der Waals surface area (Å²) in [4.78, 5) is 0. The van der Waals surface area contributed by atoms with Crippen molar-refractivity contribution in [3.63, 3.8) is 0 Å². The fraction of sp³-hybridized carbons (Fsp3) is 0.407. The standard InChI is InChI=1S/C54H62B2O4/c1-12-13-14-15-16-21-36(2)53(11)45-24-19-17-22-41(45)43-35-48-44(34-47(43)53)42-23-18-20-25-46(42)54(48,37-26-30-39(31-27-37)55-57-49(3,4)50(5,6)58-55)38-28-32-40(33-29-38)56-59-51(7,8)52(9,10)60-56/h17-20,22-35H,2,12-16,21H2,1,3-11H3. The third-order valence-electron chi connectivity index (χ3n) is 15.5. The molecule has 0 aromatic heterocycles. The molecule has 2 saturated heterocycles. The van der Waals surface area contributed by atoms with Crippen LogP contribution in [0.5, 0.6) is 0 Å². The Labute approximate surface area is 360 Å². The van der Waals surface area contributed by atoms with E-state index in [1.807, 2.05) is 0 Å². The predicted molar refractivity (Wildman–Crippen MR) is 250 cm³/mol. The van der Waals surface area contributed by atoms with E-state index >= 15 is 0 Å². The van der Waals surface area contributed by atoms with Crippen LogP contribution in [0.15, 0.2) is 121 Å². The minimum absolute atomic E-state index is 0.291. The van der Waals surface area contributed by atoms with Gasteiger partial charge < -0.3 is 18.6 Å². The first-order valence-corrected chi connectivity index (χ1v) is 22.5. The fourth-order valence-electron chi connectivity index (χ4n) is 10.4. The minimum Gasteiger partial charge on any atom is -0.399 e. The predicted octanol–water partition coefficient (Wildman–Crippen LogP) is 11.9. The van der Waals surface area contributed by atoms with Crippen molar-refractivity contribution in [3.05, 3.63) is 155 Å². The summed E-state index contributed by atoms with van der Waals surface area (Å²) >= 11 is 0. The zero-order valence-electron chi connectivity index (χ0n) is 37.6. The van der Waals surface area contributed by atoms with Crippen molar-refractivity contribution in [1.82, 2.24) is 0 Å². The molecule has 2 aliphatic carbocycles. The molecule has 0 spiro atoms. The van der Waals surface area contributed by atoms with Crippen molar-refractivity contribution in [2.24, 2.45) is 0 Å². The molecule has 6 heteroatoms. The van der Waals surface area contributed by atoms with Gasteiger partial charge in [0.25, 0.3) is 0 Å². The molecule has 0 N–H and O–H groups in total. The second-order valence-corrected chi connectivity index (χ2v) is 20.1. The Morgan fingerprint density at radius 2 is 0.883 bits per heavy atom. The van der Waals surface area contributed by atoms with Crippen LogP contribution in [0.25, 0.3) is 22.3 Å². The normalized spacial score (nSPS) is 22.0. The van der Waals surface area contributed by atoms with Gasteiger partial charge in [0.2, 0.25) is 0 Å². The van der Waals surface area contributed by atoms with Gasteiger partial charge in [-0.3, -0.25) is 0 Å². The number of rotatable bonds is 11. The number of unbranched alkanes of at least 4 members (excludes halogenated alkanes) is 4. The van der Waals surface area contributed by atoms with E-state index in [4.69, 9.17) is 25.2 Å². The van der Waals surface area contributed by atoms with Crippen LogP contribution in [-0.4, -0.2) is 36.6 Å². The zero-order chi connectivity index (χ0) is 42.5. The van der Waals surface area contributed by atoms with E-state index in [0.717, 1.165) is 17.3 Å². The maximum atomic E-state index is 6.54. The van der Waals surface area contributed by atoms with E-state index in [1.165, 1.54) is 93.3 Å². The smallest absolute Gasteiger partial charge is 0.399 e. The van der Waals surface area contributed by atoms with Gasteiger partial charge in [-0.15, -0.1) is 0 Å². The van der Waals surface area contributed by atoms with Crippen LogP contribution in [0.2, 0.25) is 0 Å². The number of hydrogen-bond donors (Lipinski definition) is 0. The largest absolute Gasteiger partial charge is 0.494 e. The van der Waals surface area contributed by atoms with Gasteiger partial charge in [-0.05, 0) is 154 Å². The molecule has 60 heavy (non-hydrogen) atoms. The number of benzene rings is 5. The quantitative estimate of drug-likeness (QED) is 0.0743. The Bertz CT molecular complexity index is 2350. The molecule has 4 aliphatic rings. The molecule has 0 saturated carbocycles. The lowest BCUT2D eigenvalue weighted by atomic mass is 9.65. The first kappa shape index (κ1) is 41.2. The van der Waals surface area contributed by atoms with Crippen molar-refractivity contribution in [2.75, 3.05) is 0 Å². The summed E-state index contributed by atoms with van der Waals surface area (Å²) < 4.78 is 26.2. The Kier molecular flexibility index (Phi) is 9.91. The first-order chi connectivity index (χ1) is 28.5. The maximum absolute atomic E-state index is 6.54. The summed E-state index contributed by atoms with van der Waals surface area (Å²) in [6.07, 6.45) is 7.28.